The molecule has 1 N–H and O–H groups in total. The summed E-state index contributed by atoms with van der Waals surface area (Å²) in [5.41, 5.74) is -0.724. The summed E-state index contributed by atoms with van der Waals surface area (Å²) in [6.07, 6.45) is -1.72. The molecule has 22 heavy (non-hydrogen) atoms. The van der Waals surface area contributed by atoms with Gasteiger partial charge in [0, 0.05) is 32.2 Å². The third-order valence-corrected chi connectivity index (χ3v) is 3.91. The Labute approximate surface area is 127 Å². The van der Waals surface area contributed by atoms with Crippen LogP contribution in [0.15, 0.2) is 30.9 Å². The molecule has 0 amide bonds. The van der Waals surface area contributed by atoms with Gasteiger partial charge in [-0.1, -0.05) is 6.08 Å². The maximum atomic E-state index is 13.6. The molecule has 1 heterocycles. The Balaban J connectivity index is 2.40. The van der Waals surface area contributed by atoms with E-state index < -0.39 is 23.6 Å². The van der Waals surface area contributed by atoms with E-state index in [0.29, 0.717) is 25.9 Å². The van der Waals surface area contributed by atoms with Gasteiger partial charge in [0.25, 0.3) is 0 Å². The van der Waals surface area contributed by atoms with E-state index >= 15 is 0 Å². The lowest BCUT2D eigenvalue weighted by Crippen LogP contribution is -2.45. The molecule has 0 saturated carbocycles. The molecule has 1 aliphatic rings. The summed E-state index contributed by atoms with van der Waals surface area (Å²) in [5.74, 6) is -0.637. The fraction of sp³-hybridized carbons (Fsp3) is 0.500. The van der Waals surface area contributed by atoms with Crippen molar-refractivity contribution in [3.63, 3.8) is 0 Å². The van der Waals surface area contributed by atoms with Gasteiger partial charge in [-0.25, -0.2) is 4.39 Å². The molecule has 1 aromatic carbocycles. The molecule has 1 aliphatic heterocycles. The Morgan fingerprint density at radius 2 is 1.95 bits per heavy atom. The van der Waals surface area contributed by atoms with Crippen LogP contribution in [0.3, 0.4) is 0 Å². The maximum absolute atomic E-state index is 13.6. The Bertz CT molecular complexity index is 507. The number of nitrogens with one attached hydrogen (secondary N) is 1. The van der Waals surface area contributed by atoms with Crippen molar-refractivity contribution in [2.45, 2.75) is 25.1 Å². The number of hydrogen-bond acceptors (Lipinski definition) is 2. The average molecular weight is 316 g/mol. The number of piperazine rings is 1. The van der Waals surface area contributed by atoms with E-state index in [1.165, 1.54) is 0 Å². The molecule has 1 atom stereocenters. The summed E-state index contributed by atoms with van der Waals surface area (Å²) < 4.78 is 53.3. The molecule has 6 heteroatoms. The molecule has 1 fully saturated rings. The number of hydrogen-bond donors (Lipinski definition) is 1. The summed E-state index contributed by atoms with van der Waals surface area (Å²) in [6, 6.07) is 2.29. The summed E-state index contributed by atoms with van der Waals surface area (Å²) >= 11 is 0. The first-order valence-corrected chi connectivity index (χ1v) is 7.36. The molecule has 1 saturated heterocycles. The van der Waals surface area contributed by atoms with Crippen LogP contribution >= 0.6 is 0 Å². The summed E-state index contributed by atoms with van der Waals surface area (Å²) in [5, 5.41) is 3.18. The van der Waals surface area contributed by atoms with E-state index in [0.717, 1.165) is 31.3 Å². The zero-order valence-electron chi connectivity index (χ0n) is 12.3. The van der Waals surface area contributed by atoms with Crippen LogP contribution in [0.2, 0.25) is 0 Å². The molecule has 2 rings (SSSR count). The monoisotopic (exact) mass is 316 g/mol. The maximum Gasteiger partial charge on any atom is 0.416 e. The van der Waals surface area contributed by atoms with Gasteiger partial charge in [0.2, 0.25) is 0 Å². The van der Waals surface area contributed by atoms with Gasteiger partial charge in [-0.15, -0.1) is 6.58 Å². The van der Waals surface area contributed by atoms with Crippen LogP contribution in [0.25, 0.3) is 0 Å². The molecule has 2 nitrogen and oxygen atoms in total. The number of halogens is 4. The summed E-state index contributed by atoms with van der Waals surface area (Å²) in [6.45, 7) is 6.38. The molecule has 0 spiro atoms. The van der Waals surface area contributed by atoms with Crippen molar-refractivity contribution >= 4 is 0 Å². The second-order valence-electron chi connectivity index (χ2n) is 5.40. The fourth-order valence-corrected chi connectivity index (χ4v) is 2.87. The standard InChI is InChI=1S/C16H20F4N2/c1-2-3-4-15(22-9-7-21-8-10-22)13-11-12(17)5-6-14(13)16(18,19)20/h2,5-6,11,15,21H,1,3-4,7-10H2/t15-/m1/s1. The third-order valence-electron chi connectivity index (χ3n) is 3.91. The van der Waals surface area contributed by atoms with Crippen LogP contribution in [-0.2, 0) is 6.18 Å². The SMILES string of the molecule is C=CCC[C@H](c1cc(F)ccc1C(F)(F)F)N1CCNCC1. The Kier molecular flexibility index (Phi) is 5.58. The highest BCUT2D eigenvalue weighted by atomic mass is 19.4. The highest BCUT2D eigenvalue weighted by Crippen LogP contribution is 2.38. The van der Waals surface area contributed by atoms with Crippen LogP contribution < -0.4 is 5.32 Å². The molecule has 1 aromatic rings. The Morgan fingerprint density at radius 1 is 1.27 bits per heavy atom. The van der Waals surface area contributed by atoms with E-state index in [1.807, 2.05) is 4.90 Å². The van der Waals surface area contributed by atoms with Crippen LogP contribution in [0.5, 0.6) is 0 Å². The van der Waals surface area contributed by atoms with Gasteiger partial charge in [-0.05, 0) is 36.6 Å². The minimum Gasteiger partial charge on any atom is -0.314 e. The van der Waals surface area contributed by atoms with Gasteiger partial charge < -0.3 is 5.32 Å². The number of benzene rings is 1. The summed E-state index contributed by atoms with van der Waals surface area (Å²) in [4.78, 5) is 1.99. The van der Waals surface area contributed by atoms with Crippen LogP contribution in [-0.4, -0.2) is 31.1 Å². The zero-order chi connectivity index (χ0) is 16.2. The lowest BCUT2D eigenvalue weighted by Gasteiger charge is -2.36. The molecule has 0 bridgehead atoms. The first kappa shape index (κ1) is 17.0. The smallest absolute Gasteiger partial charge is 0.314 e. The minimum absolute atomic E-state index is 0.0243. The van der Waals surface area contributed by atoms with Gasteiger partial charge in [0.05, 0.1) is 5.56 Å². The van der Waals surface area contributed by atoms with Gasteiger partial charge in [-0.3, -0.25) is 4.90 Å². The van der Waals surface area contributed by atoms with E-state index in [4.69, 9.17) is 0 Å². The van der Waals surface area contributed by atoms with E-state index in [2.05, 4.69) is 11.9 Å². The molecular weight excluding hydrogens is 296 g/mol. The first-order chi connectivity index (χ1) is 10.4. The van der Waals surface area contributed by atoms with Crippen LogP contribution in [0.4, 0.5) is 17.6 Å². The molecule has 122 valence electrons. The van der Waals surface area contributed by atoms with Crippen molar-refractivity contribution in [3.8, 4) is 0 Å². The normalized spacial score (nSPS) is 18.2. The largest absolute Gasteiger partial charge is 0.416 e. The van der Waals surface area contributed by atoms with E-state index in [9.17, 15) is 17.6 Å². The van der Waals surface area contributed by atoms with Crippen molar-refractivity contribution in [1.29, 1.82) is 0 Å². The van der Waals surface area contributed by atoms with Gasteiger partial charge in [0.15, 0.2) is 0 Å². The Morgan fingerprint density at radius 3 is 2.55 bits per heavy atom. The number of nitrogens with zero attached hydrogens (tertiary/aromatic N) is 1. The minimum atomic E-state index is -4.48. The predicted molar refractivity (Wildman–Crippen MR) is 78.0 cm³/mol. The molecule has 0 aliphatic carbocycles. The van der Waals surface area contributed by atoms with Crippen LogP contribution in [0.1, 0.15) is 30.0 Å². The number of allylic oxidation sites excluding steroid dienone is 1. The second-order valence-corrected chi connectivity index (χ2v) is 5.40. The zero-order valence-corrected chi connectivity index (χ0v) is 12.3. The van der Waals surface area contributed by atoms with Crippen molar-refractivity contribution in [2.75, 3.05) is 26.2 Å². The topological polar surface area (TPSA) is 15.3 Å². The highest BCUT2D eigenvalue weighted by Gasteiger charge is 2.36. The predicted octanol–water partition coefficient (Wildman–Crippen LogP) is 3.76. The van der Waals surface area contributed by atoms with Crippen molar-refractivity contribution in [3.05, 3.63) is 47.8 Å². The quantitative estimate of drug-likeness (QED) is 0.657. The average Bonchev–Trinajstić information content (AvgIpc) is 2.47. The molecule has 0 unspecified atom stereocenters. The van der Waals surface area contributed by atoms with Gasteiger partial charge in [-0.2, -0.15) is 13.2 Å². The molecule has 0 aromatic heterocycles. The fourth-order valence-electron chi connectivity index (χ4n) is 2.87. The van der Waals surface area contributed by atoms with Gasteiger partial charge in [0.1, 0.15) is 5.82 Å². The van der Waals surface area contributed by atoms with Crippen LogP contribution in [0, 0.1) is 5.82 Å². The van der Waals surface area contributed by atoms with Crippen molar-refractivity contribution < 1.29 is 17.6 Å². The second kappa shape index (κ2) is 7.24. The van der Waals surface area contributed by atoms with Gasteiger partial charge >= 0.3 is 6.18 Å². The van der Waals surface area contributed by atoms with E-state index in [-0.39, 0.29) is 5.56 Å². The molecular formula is C16H20F4N2. The Hall–Kier alpha value is -1.40. The third kappa shape index (κ3) is 4.08. The lowest BCUT2D eigenvalue weighted by atomic mass is 9.94. The molecule has 0 radical (unpaired) electrons. The highest BCUT2D eigenvalue weighted by molar-refractivity contribution is 5.33. The van der Waals surface area contributed by atoms with Crippen molar-refractivity contribution in [2.24, 2.45) is 0 Å². The van der Waals surface area contributed by atoms with Crippen molar-refractivity contribution in [1.82, 2.24) is 10.2 Å². The number of alkyl halides is 3. The lowest BCUT2D eigenvalue weighted by molar-refractivity contribution is -0.138. The van der Waals surface area contributed by atoms with E-state index in [1.54, 1.807) is 6.08 Å². The number of rotatable bonds is 5. The summed E-state index contributed by atoms with van der Waals surface area (Å²) in [7, 11) is 0. The first-order valence-electron chi connectivity index (χ1n) is 7.36.